The highest BCUT2D eigenvalue weighted by Gasteiger charge is 2.51. The molecule has 4 rings (SSSR count). The van der Waals surface area contributed by atoms with E-state index >= 15 is 0 Å². The number of carbonyl (C=O) groups is 2. The lowest BCUT2D eigenvalue weighted by Crippen LogP contribution is -2.59. The third kappa shape index (κ3) is 1.75. The van der Waals surface area contributed by atoms with Crippen LogP contribution in [0.5, 0.6) is 5.75 Å². The van der Waals surface area contributed by atoms with Crippen LogP contribution in [-0.4, -0.2) is 18.9 Å². The zero-order valence-electron chi connectivity index (χ0n) is 12.7. The number of ether oxygens (including phenoxy) is 1. The molecule has 0 saturated carbocycles. The topological polar surface area (TPSA) is 79.5 Å². The quantitative estimate of drug-likeness (QED) is 0.752. The summed E-state index contributed by atoms with van der Waals surface area (Å²) < 4.78 is 5.18. The number of nitrogens with one attached hydrogen (secondary N) is 3. The third-order valence-corrected chi connectivity index (χ3v) is 4.34. The van der Waals surface area contributed by atoms with Gasteiger partial charge < -0.3 is 20.7 Å². The molecule has 6 heteroatoms. The zero-order chi connectivity index (χ0) is 16.2. The van der Waals surface area contributed by atoms with Crippen LogP contribution in [0.25, 0.3) is 0 Å². The van der Waals surface area contributed by atoms with Crippen molar-refractivity contribution in [1.29, 1.82) is 0 Å². The minimum Gasteiger partial charge on any atom is -0.497 e. The summed E-state index contributed by atoms with van der Waals surface area (Å²) >= 11 is 0. The molecule has 1 unspecified atom stereocenters. The fourth-order valence-electron chi connectivity index (χ4n) is 3.21. The summed E-state index contributed by atoms with van der Waals surface area (Å²) in [5.74, 6) is 0.0522. The molecule has 0 bridgehead atoms. The molecule has 6 nitrogen and oxygen atoms in total. The second-order valence-corrected chi connectivity index (χ2v) is 5.69. The second kappa shape index (κ2) is 4.49. The van der Waals surface area contributed by atoms with E-state index in [1.54, 1.807) is 31.4 Å². The van der Waals surface area contributed by atoms with E-state index in [2.05, 4.69) is 16.0 Å². The number of methoxy groups -OCH3 is 1. The standard InChI is InChI=1S/C17H15N3O3/c1-9-4-3-5-12-14(9)15(21)20-17(19-12)11-7-6-10(23-2)8-13(11)18-16(17)22/h3-8,19H,1-2H3,(H,18,22)(H,20,21). The van der Waals surface area contributed by atoms with Crippen molar-refractivity contribution >= 4 is 23.2 Å². The molecule has 23 heavy (non-hydrogen) atoms. The van der Waals surface area contributed by atoms with Crippen molar-refractivity contribution < 1.29 is 14.3 Å². The predicted octanol–water partition coefficient (Wildman–Crippen LogP) is 1.96. The van der Waals surface area contributed by atoms with Crippen LogP contribution in [0.4, 0.5) is 11.4 Å². The SMILES string of the molecule is COc1ccc2c(c1)NC(=O)C21NC(=O)c2c(C)cccc2N1. The summed E-state index contributed by atoms with van der Waals surface area (Å²) in [6.07, 6.45) is 0. The molecule has 2 heterocycles. The Hall–Kier alpha value is -3.02. The monoisotopic (exact) mass is 309 g/mol. The average Bonchev–Trinajstić information content (AvgIpc) is 2.78. The number of hydrogen-bond donors (Lipinski definition) is 3. The third-order valence-electron chi connectivity index (χ3n) is 4.34. The van der Waals surface area contributed by atoms with Crippen LogP contribution in [0.3, 0.4) is 0 Å². The first-order valence-electron chi connectivity index (χ1n) is 7.25. The van der Waals surface area contributed by atoms with E-state index in [-0.39, 0.29) is 11.8 Å². The molecule has 3 N–H and O–H groups in total. The highest BCUT2D eigenvalue weighted by molar-refractivity contribution is 6.14. The Morgan fingerprint density at radius 2 is 1.87 bits per heavy atom. The average molecular weight is 309 g/mol. The molecule has 0 radical (unpaired) electrons. The normalized spacial score (nSPS) is 21.1. The Labute approximate surface area is 132 Å². The fraction of sp³-hybridized carbons (Fsp3) is 0.176. The van der Waals surface area contributed by atoms with Gasteiger partial charge in [0.1, 0.15) is 5.75 Å². The van der Waals surface area contributed by atoms with Crippen molar-refractivity contribution in [1.82, 2.24) is 5.32 Å². The van der Waals surface area contributed by atoms with E-state index in [4.69, 9.17) is 4.74 Å². The van der Waals surface area contributed by atoms with E-state index in [0.717, 1.165) is 5.56 Å². The van der Waals surface area contributed by atoms with Gasteiger partial charge in [0.05, 0.1) is 18.4 Å². The van der Waals surface area contributed by atoms with Crippen molar-refractivity contribution in [2.45, 2.75) is 12.6 Å². The second-order valence-electron chi connectivity index (χ2n) is 5.69. The van der Waals surface area contributed by atoms with Gasteiger partial charge in [-0.3, -0.25) is 9.59 Å². The molecular weight excluding hydrogens is 294 g/mol. The van der Waals surface area contributed by atoms with Gasteiger partial charge in [-0.05, 0) is 30.7 Å². The van der Waals surface area contributed by atoms with Crippen LogP contribution in [0.2, 0.25) is 0 Å². The summed E-state index contributed by atoms with van der Waals surface area (Å²) in [7, 11) is 1.56. The van der Waals surface area contributed by atoms with E-state index < -0.39 is 5.66 Å². The van der Waals surface area contributed by atoms with Crippen LogP contribution >= 0.6 is 0 Å². The Bertz CT molecular complexity index is 862. The van der Waals surface area contributed by atoms with Gasteiger partial charge in [-0.25, -0.2) is 0 Å². The Morgan fingerprint density at radius 1 is 1.04 bits per heavy atom. The maximum Gasteiger partial charge on any atom is 0.275 e. The fourth-order valence-corrected chi connectivity index (χ4v) is 3.21. The molecule has 0 saturated heterocycles. The van der Waals surface area contributed by atoms with Crippen molar-refractivity contribution in [3.8, 4) is 5.75 Å². The minimum absolute atomic E-state index is 0.268. The van der Waals surface area contributed by atoms with Crippen LogP contribution in [0.1, 0.15) is 21.5 Å². The number of amides is 2. The smallest absolute Gasteiger partial charge is 0.275 e. The molecular formula is C17H15N3O3. The van der Waals surface area contributed by atoms with Gasteiger partial charge in [-0.2, -0.15) is 0 Å². The van der Waals surface area contributed by atoms with E-state index in [0.29, 0.717) is 28.3 Å². The van der Waals surface area contributed by atoms with Gasteiger partial charge >= 0.3 is 0 Å². The summed E-state index contributed by atoms with van der Waals surface area (Å²) in [5.41, 5.74) is 2.07. The number of hydrogen-bond acceptors (Lipinski definition) is 4. The molecule has 0 aliphatic carbocycles. The van der Waals surface area contributed by atoms with Crippen LogP contribution in [0.15, 0.2) is 36.4 Å². The summed E-state index contributed by atoms with van der Waals surface area (Å²) in [5, 5.41) is 8.83. The first-order chi connectivity index (χ1) is 11.0. The molecule has 1 atom stereocenters. The van der Waals surface area contributed by atoms with Gasteiger partial charge in [0.2, 0.25) is 5.66 Å². The number of benzene rings is 2. The van der Waals surface area contributed by atoms with Gasteiger partial charge in [0.25, 0.3) is 11.8 Å². The minimum atomic E-state index is -1.29. The van der Waals surface area contributed by atoms with Crippen LogP contribution < -0.4 is 20.7 Å². The number of aryl methyl sites for hydroxylation is 1. The Balaban J connectivity index is 1.88. The number of carbonyl (C=O) groups excluding carboxylic acids is 2. The van der Waals surface area contributed by atoms with E-state index in [1.807, 2.05) is 19.1 Å². The van der Waals surface area contributed by atoms with E-state index in [1.165, 1.54) is 0 Å². The largest absolute Gasteiger partial charge is 0.497 e. The number of anilines is 2. The van der Waals surface area contributed by atoms with Gasteiger partial charge in [-0.1, -0.05) is 12.1 Å². The lowest BCUT2D eigenvalue weighted by molar-refractivity contribution is -0.120. The van der Waals surface area contributed by atoms with Crippen molar-refractivity contribution in [3.05, 3.63) is 53.1 Å². The summed E-state index contributed by atoms with van der Waals surface area (Å²) in [4.78, 5) is 25.2. The van der Waals surface area contributed by atoms with Crippen LogP contribution in [0, 0.1) is 6.92 Å². The lowest BCUT2D eigenvalue weighted by atomic mass is 9.94. The lowest BCUT2D eigenvalue weighted by Gasteiger charge is -2.36. The van der Waals surface area contributed by atoms with Gasteiger partial charge in [0.15, 0.2) is 0 Å². The van der Waals surface area contributed by atoms with Crippen molar-refractivity contribution in [2.75, 3.05) is 17.7 Å². The molecule has 2 aliphatic rings. The summed E-state index contributed by atoms with van der Waals surface area (Å²) in [6, 6.07) is 10.8. The molecule has 0 fully saturated rings. The molecule has 2 aromatic carbocycles. The molecule has 0 aromatic heterocycles. The predicted molar refractivity (Wildman–Crippen MR) is 85.6 cm³/mol. The molecule has 2 aliphatic heterocycles. The maximum absolute atomic E-state index is 12.6. The van der Waals surface area contributed by atoms with Crippen LogP contribution in [-0.2, 0) is 10.5 Å². The molecule has 2 aromatic rings. The van der Waals surface area contributed by atoms with Gasteiger partial charge in [0, 0.05) is 17.3 Å². The highest BCUT2D eigenvalue weighted by atomic mass is 16.5. The molecule has 116 valence electrons. The zero-order valence-corrected chi connectivity index (χ0v) is 12.7. The number of fused-ring (bicyclic) bond motifs is 3. The number of rotatable bonds is 1. The Morgan fingerprint density at radius 3 is 2.65 bits per heavy atom. The van der Waals surface area contributed by atoms with Gasteiger partial charge in [-0.15, -0.1) is 0 Å². The first kappa shape index (κ1) is 13.6. The first-order valence-corrected chi connectivity index (χ1v) is 7.25. The molecule has 2 amide bonds. The summed E-state index contributed by atoms with van der Waals surface area (Å²) in [6.45, 7) is 1.87. The van der Waals surface area contributed by atoms with Crippen molar-refractivity contribution in [3.63, 3.8) is 0 Å². The van der Waals surface area contributed by atoms with E-state index in [9.17, 15) is 9.59 Å². The molecule has 1 spiro atoms. The Kier molecular flexibility index (Phi) is 2.66. The maximum atomic E-state index is 12.6. The highest BCUT2D eigenvalue weighted by Crippen LogP contribution is 2.41. The van der Waals surface area contributed by atoms with Crippen molar-refractivity contribution in [2.24, 2.45) is 0 Å².